The van der Waals surface area contributed by atoms with Crippen molar-refractivity contribution < 1.29 is 9.53 Å². The zero-order chi connectivity index (χ0) is 19.1. The summed E-state index contributed by atoms with van der Waals surface area (Å²) in [7, 11) is 0. The Morgan fingerprint density at radius 1 is 1.22 bits per heavy atom. The quantitative estimate of drug-likeness (QED) is 0.812. The van der Waals surface area contributed by atoms with Gasteiger partial charge in [0.2, 0.25) is 5.95 Å². The summed E-state index contributed by atoms with van der Waals surface area (Å²) >= 11 is 0. The van der Waals surface area contributed by atoms with Crippen LogP contribution in [-0.4, -0.2) is 46.7 Å². The molecule has 0 saturated carbocycles. The van der Waals surface area contributed by atoms with E-state index >= 15 is 0 Å². The third kappa shape index (κ3) is 5.57. The number of anilines is 2. The topological polar surface area (TPSA) is 79.4 Å². The van der Waals surface area contributed by atoms with E-state index in [1.165, 1.54) is 11.1 Å². The van der Waals surface area contributed by atoms with E-state index in [4.69, 9.17) is 4.74 Å². The molecule has 0 unspecified atom stereocenters. The first-order chi connectivity index (χ1) is 13.1. The highest BCUT2D eigenvalue weighted by molar-refractivity contribution is 5.67. The van der Waals surface area contributed by atoms with E-state index in [0.717, 1.165) is 18.7 Å². The zero-order valence-electron chi connectivity index (χ0n) is 15.9. The molecule has 1 aromatic carbocycles. The molecular weight excluding hydrogens is 342 g/mol. The lowest BCUT2D eigenvalue weighted by atomic mass is 10.1. The van der Waals surface area contributed by atoms with Gasteiger partial charge in [0.05, 0.1) is 6.61 Å². The Hall–Kier alpha value is -2.83. The maximum absolute atomic E-state index is 11.8. The molecule has 0 radical (unpaired) electrons. The van der Waals surface area contributed by atoms with E-state index in [0.29, 0.717) is 32.2 Å². The molecule has 1 aliphatic rings. The molecule has 1 saturated heterocycles. The number of hydrogen-bond donors (Lipinski definition) is 2. The van der Waals surface area contributed by atoms with Gasteiger partial charge in [-0.05, 0) is 38.3 Å². The van der Waals surface area contributed by atoms with Gasteiger partial charge in [0.1, 0.15) is 5.82 Å². The highest BCUT2D eigenvalue weighted by Gasteiger charge is 2.23. The number of benzene rings is 1. The van der Waals surface area contributed by atoms with E-state index in [9.17, 15) is 4.79 Å². The molecule has 1 amide bonds. The minimum atomic E-state index is -0.222. The number of likely N-dealkylation sites (tertiary alicyclic amines) is 1. The lowest BCUT2D eigenvalue weighted by molar-refractivity contribution is 0.0983. The number of aromatic nitrogens is 2. The zero-order valence-corrected chi connectivity index (χ0v) is 15.9. The largest absolute Gasteiger partial charge is 0.450 e. The van der Waals surface area contributed by atoms with Crippen LogP contribution in [0.5, 0.6) is 0 Å². The second-order valence-electron chi connectivity index (χ2n) is 6.71. The molecule has 2 N–H and O–H groups in total. The average Bonchev–Trinajstić information content (AvgIpc) is 2.69. The summed E-state index contributed by atoms with van der Waals surface area (Å²) < 4.78 is 5.06. The molecule has 27 heavy (non-hydrogen) atoms. The van der Waals surface area contributed by atoms with Gasteiger partial charge in [-0.1, -0.05) is 29.8 Å². The van der Waals surface area contributed by atoms with E-state index in [-0.39, 0.29) is 12.1 Å². The van der Waals surface area contributed by atoms with Gasteiger partial charge in [0.25, 0.3) is 0 Å². The number of nitrogens with one attached hydrogen (secondary N) is 2. The van der Waals surface area contributed by atoms with Crippen molar-refractivity contribution in [1.29, 1.82) is 0 Å². The van der Waals surface area contributed by atoms with Gasteiger partial charge in [-0.3, -0.25) is 0 Å². The fraction of sp³-hybridized carbons (Fsp3) is 0.450. The van der Waals surface area contributed by atoms with Gasteiger partial charge in [0, 0.05) is 31.9 Å². The molecule has 7 nitrogen and oxygen atoms in total. The number of piperidine rings is 1. The highest BCUT2D eigenvalue weighted by atomic mass is 16.6. The molecule has 3 rings (SSSR count). The molecule has 2 aromatic rings. The van der Waals surface area contributed by atoms with E-state index in [2.05, 4.69) is 51.8 Å². The molecule has 1 aromatic heterocycles. The van der Waals surface area contributed by atoms with Gasteiger partial charge >= 0.3 is 6.09 Å². The Bertz CT molecular complexity index is 742. The van der Waals surface area contributed by atoms with Gasteiger partial charge in [-0.25, -0.2) is 9.78 Å². The Kier molecular flexibility index (Phi) is 6.46. The van der Waals surface area contributed by atoms with Crippen LogP contribution in [0.25, 0.3) is 0 Å². The van der Waals surface area contributed by atoms with Crippen LogP contribution in [0.2, 0.25) is 0 Å². The van der Waals surface area contributed by atoms with Crippen molar-refractivity contribution in [3.63, 3.8) is 0 Å². The SMILES string of the molecule is CCOC(=O)N1CCC(Nc2ccnc(NCc3ccc(C)cc3)n2)CC1. The number of ether oxygens (including phenoxy) is 1. The molecule has 1 fully saturated rings. The Morgan fingerprint density at radius 2 is 1.96 bits per heavy atom. The standard InChI is InChI=1S/C20H27N5O2/c1-3-27-20(26)25-12-9-17(10-13-25)23-18-8-11-21-19(24-18)22-14-16-6-4-15(2)5-7-16/h4-8,11,17H,3,9-10,12-14H2,1-2H3,(H2,21,22,23,24). The van der Waals surface area contributed by atoms with Crippen LogP contribution >= 0.6 is 0 Å². The molecule has 1 aliphatic heterocycles. The van der Waals surface area contributed by atoms with Crippen molar-refractivity contribution in [2.75, 3.05) is 30.3 Å². The summed E-state index contributed by atoms with van der Waals surface area (Å²) in [4.78, 5) is 22.4. The maximum atomic E-state index is 11.8. The smallest absolute Gasteiger partial charge is 0.409 e. The summed E-state index contributed by atoms with van der Waals surface area (Å²) in [6.45, 7) is 6.39. The molecule has 144 valence electrons. The first kappa shape index (κ1) is 18.9. The number of nitrogens with zero attached hydrogens (tertiary/aromatic N) is 3. The highest BCUT2D eigenvalue weighted by Crippen LogP contribution is 2.17. The third-order valence-electron chi connectivity index (χ3n) is 4.60. The first-order valence-electron chi connectivity index (χ1n) is 9.44. The molecule has 0 atom stereocenters. The molecule has 0 spiro atoms. The Labute approximate surface area is 160 Å². The van der Waals surface area contributed by atoms with Gasteiger partial charge < -0.3 is 20.3 Å². The fourth-order valence-corrected chi connectivity index (χ4v) is 3.04. The van der Waals surface area contributed by atoms with Crippen LogP contribution in [0.4, 0.5) is 16.6 Å². The lowest BCUT2D eigenvalue weighted by Gasteiger charge is -2.31. The number of carbonyl (C=O) groups excluding carboxylic acids is 1. The summed E-state index contributed by atoms with van der Waals surface area (Å²) in [5.41, 5.74) is 2.43. The van der Waals surface area contributed by atoms with Crippen molar-refractivity contribution in [3.05, 3.63) is 47.7 Å². The second-order valence-corrected chi connectivity index (χ2v) is 6.71. The normalized spacial score (nSPS) is 14.7. The number of aryl methyl sites for hydroxylation is 1. The van der Waals surface area contributed by atoms with Crippen LogP contribution in [0.1, 0.15) is 30.9 Å². The van der Waals surface area contributed by atoms with Crippen LogP contribution in [0.3, 0.4) is 0 Å². The monoisotopic (exact) mass is 369 g/mol. The number of rotatable bonds is 6. The summed E-state index contributed by atoms with van der Waals surface area (Å²) in [5, 5.41) is 6.71. The molecular formula is C20H27N5O2. The predicted octanol–water partition coefficient (Wildman–Crippen LogP) is 3.43. The van der Waals surface area contributed by atoms with Crippen molar-refractivity contribution in [2.45, 2.75) is 39.3 Å². The summed E-state index contributed by atoms with van der Waals surface area (Å²) in [6.07, 6.45) is 3.27. The van der Waals surface area contributed by atoms with Crippen LogP contribution in [-0.2, 0) is 11.3 Å². The van der Waals surface area contributed by atoms with E-state index in [1.54, 1.807) is 11.1 Å². The van der Waals surface area contributed by atoms with E-state index < -0.39 is 0 Å². The number of carbonyl (C=O) groups is 1. The fourth-order valence-electron chi connectivity index (χ4n) is 3.04. The van der Waals surface area contributed by atoms with Crippen molar-refractivity contribution in [2.24, 2.45) is 0 Å². The predicted molar refractivity (Wildman–Crippen MR) is 106 cm³/mol. The first-order valence-corrected chi connectivity index (χ1v) is 9.44. The third-order valence-corrected chi connectivity index (χ3v) is 4.60. The average molecular weight is 369 g/mol. The van der Waals surface area contributed by atoms with Gasteiger partial charge in [0.15, 0.2) is 0 Å². The second kappa shape index (κ2) is 9.21. The minimum absolute atomic E-state index is 0.222. The maximum Gasteiger partial charge on any atom is 0.409 e. The Balaban J connectivity index is 1.49. The van der Waals surface area contributed by atoms with Crippen molar-refractivity contribution in [1.82, 2.24) is 14.9 Å². The van der Waals surface area contributed by atoms with Crippen molar-refractivity contribution >= 4 is 17.9 Å². The van der Waals surface area contributed by atoms with Crippen molar-refractivity contribution in [3.8, 4) is 0 Å². The minimum Gasteiger partial charge on any atom is -0.450 e. The van der Waals surface area contributed by atoms with Gasteiger partial charge in [-0.15, -0.1) is 0 Å². The van der Waals surface area contributed by atoms with Crippen LogP contribution in [0, 0.1) is 6.92 Å². The molecule has 2 heterocycles. The summed E-state index contributed by atoms with van der Waals surface area (Å²) in [6, 6.07) is 10.5. The number of hydrogen-bond acceptors (Lipinski definition) is 6. The number of amides is 1. The lowest BCUT2D eigenvalue weighted by Crippen LogP contribution is -2.42. The molecule has 7 heteroatoms. The van der Waals surface area contributed by atoms with Crippen LogP contribution in [0.15, 0.2) is 36.5 Å². The summed E-state index contributed by atoms with van der Waals surface area (Å²) in [5.74, 6) is 1.40. The van der Waals surface area contributed by atoms with Gasteiger partial charge in [-0.2, -0.15) is 4.98 Å². The van der Waals surface area contributed by atoms with E-state index in [1.807, 2.05) is 13.0 Å². The molecule has 0 aliphatic carbocycles. The molecule has 0 bridgehead atoms. The van der Waals surface area contributed by atoms with Crippen LogP contribution < -0.4 is 10.6 Å². The Morgan fingerprint density at radius 3 is 2.67 bits per heavy atom.